The van der Waals surface area contributed by atoms with Crippen LogP contribution in [0.2, 0.25) is 0 Å². The molecular formula is C23H26O4. The van der Waals surface area contributed by atoms with Crippen molar-refractivity contribution in [3.05, 3.63) is 58.1 Å². The molecule has 2 aromatic carbocycles. The van der Waals surface area contributed by atoms with Gasteiger partial charge in [-0.25, -0.2) is 0 Å². The molecule has 0 fully saturated rings. The Bertz CT molecular complexity index is 867. The summed E-state index contributed by atoms with van der Waals surface area (Å²) in [6.07, 6.45) is 6.85. The van der Waals surface area contributed by atoms with Gasteiger partial charge in [-0.15, -0.1) is 0 Å². The second kappa shape index (κ2) is 8.38. The van der Waals surface area contributed by atoms with Gasteiger partial charge in [0.15, 0.2) is 11.6 Å². The maximum atomic E-state index is 13.0. The lowest BCUT2D eigenvalue weighted by Crippen LogP contribution is -2.22. The molecule has 0 bridgehead atoms. The molecule has 0 aromatic heterocycles. The monoisotopic (exact) mass is 366 g/mol. The molecule has 0 saturated heterocycles. The number of fused-ring (bicyclic) bond motifs is 2. The number of carbonyl (C=O) groups is 2. The van der Waals surface area contributed by atoms with Crippen molar-refractivity contribution < 1.29 is 19.4 Å². The van der Waals surface area contributed by atoms with Crippen molar-refractivity contribution in [2.45, 2.75) is 52.4 Å². The highest BCUT2D eigenvalue weighted by atomic mass is 16.5. The highest BCUT2D eigenvalue weighted by molar-refractivity contribution is 6.30. The molecule has 0 aliphatic heterocycles. The van der Waals surface area contributed by atoms with Gasteiger partial charge < -0.3 is 9.84 Å². The summed E-state index contributed by atoms with van der Waals surface area (Å²) in [7, 11) is 0. The normalized spacial score (nSPS) is 12.7. The fraction of sp³-hybridized carbons (Fsp3) is 0.391. The van der Waals surface area contributed by atoms with E-state index in [-0.39, 0.29) is 28.4 Å². The van der Waals surface area contributed by atoms with Gasteiger partial charge in [-0.2, -0.15) is 0 Å². The molecule has 142 valence electrons. The Kier molecular flexibility index (Phi) is 5.94. The minimum absolute atomic E-state index is 0.0663. The highest BCUT2D eigenvalue weighted by Gasteiger charge is 2.35. The van der Waals surface area contributed by atoms with Gasteiger partial charge in [-0.3, -0.25) is 9.59 Å². The fourth-order valence-corrected chi connectivity index (χ4v) is 3.55. The number of ether oxygens (including phenoxy) is 1. The molecule has 1 aliphatic rings. The molecule has 27 heavy (non-hydrogen) atoms. The van der Waals surface area contributed by atoms with Crippen molar-refractivity contribution in [1.82, 2.24) is 0 Å². The predicted molar refractivity (Wildman–Crippen MR) is 105 cm³/mol. The third-order valence-corrected chi connectivity index (χ3v) is 5.08. The fourth-order valence-electron chi connectivity index (χ4n) is 3.55. The topological polar surface area (TPSA) is 63.6 Å². The van der Waals surface area contributed by atoms with Crippen LogP contribution < -0.4 is 4.74 Å². The second-order valence-electron chi connectivity index (χ2n) is 7.11. The number of hydrogen-bond acceptors (Lipinski definition) is 4. The first-order chi connectivity index (χ1) is 13.1. The third kappa shape index (κ3) is 3.75. The molecule has 3 rings (SSSR count). The standard InChI is InChI=1S/C23H26O4/c1-3-4-5-6-7-10-13-27-18-14-15(2)21(24)20-19(18)22(25)16-11-8-9-12-17(16)23(20)26/h8-9,11-12,14,24H,3-7,10,13H2,1-2H3. The van der Waals surface area contributed by atoms with Gasteiger partial charge in [0, 0.05) is 11.1 Å². The quantitative estimate of drug-likeness (QED) is 0.556. The van der Waals surface area contributed by atoms with E-state index in [0.717, 1.165) is 12.8 Å². The Morgan fingerprint density at radius 2 is 1.48 bits per heavy atom. The molecule has 0 amide bonds. The van der Waals surface area contributed by atoms with E-state index in [0.29, 0.717) is 29.0 Å². The third-order valence-electron chi connectivity index (χ3n) is 5.08. The summed E-state index contributed by atoms with van der Waals surface area (Å²) in [4.78, 5) is 25.9. The second-order valence-corrected chi connectivity index (χ2v) is 7.11. The average molecular weight is 366 g/mol. The first-order valence-electron chi connectivity index (χ1n) is 9.74. The van der Waals surface area contributed by atoms with Crippen LogP contribution >= 0.6 is 0 Å². The van der Waals surface area contributed by atoms with Gasteiger partial charge in [0.1, 0.15) is 11.5 Å². The number of aryl methyl sites for hydroxylation is 1. The van der Waals surface area contributed by atoms with Crippen LogP contribution in [0.15, 0.2) is 30.3 Å². The molecular weight excluding hydrogens is 340 g/mol. The van der Waals surface area contributed by atoms with Crippen molar-refractivity contribution in [3.8, 4) is 11.5 Å². The van der Waals surface area contributed by atoms with Crippen LogP contribution in [0.25, 0.3) is 0 Å². The minimum atomic E-state index is -0.328. The van der Waals surface area contributed by atoms with E-state index in [4.69, 9.17) is 4.74 Å². The zero-order valence-electron chi connectivity index (χ0n) is 16.0. The van der Waals surface area contributed by atoms with Gasteiger partial charge >= 0.3 is 0 Å². The summed E-state index contributed by atoms with van der Waals surface area (Å²) in [5, 5.41) is 10.4. The maximum Gasteiger partial charge on any atom is 0.198 e. The van der Waals surface area contributed by atoms with Gasteiger partial charge in [-0.1, -0.05) is 63.3 Å². The molecule has 0 spiro atoms. The van der Waals surface area contributed by atoms with E-state index in [9.17, 15) is 14.7 Å². The van der Waals surface area contributed by atoms with Crippen LogP contribution in [0.4, 0.5) is 0 Å². The highest BCUT2D eigenvalue weighted by Crippen LogP contribution is 2.40. The number of phenols is 1. The van der Waals surface area contributed by atoms with Crippen LogP contribution in [0.3, 0.4) is 0 Å². The number of unbranched alkanes of at least 4 members (excludes halogenated alkanes) is 5. The van der Waals surface area contributed by atoms with Gasteiger partial charge in [-0.05, 0) is 25.0 Å². The first kappa shape index (κ1) is 19.2. The summed E-state index contributed by atoms with van der Waals surface area (Å²) in [6, 6.07) is 8.38. The molecule has 1 N–H and O–H groups in total. The van der Waals surface area contributed by atoms with E-state index in [1.807, 2.05) is 0 Å². The van der Waals surface area contributed by atoms with E-state index in [2.05, 4.69) is 6.92 Å². The summed E-state index contributed by atoms with van der Waals surface area (Å²) in [6.45, 7) is 4.40. The summed E-state index contributed by atoms with van der Waals surface area (Å²) < 4.78 is 5.90. The number of ketones is 2. The number of phenolic OH excluding ortho intramolecular Hbond substituents is 1. The molecule has 0 atom stereocenters. The van der Waals surface area contributed by atoms with Crippen LogP contribution in [0.5, 0.6) is 11.5 Å². The lowest BCUT2D eigenvalue weighted by Gasteiger charge is -2.22. The summed E-state index contributed by atoms with van der Waals surface area (Å²) >= 11 is 0. The molecule has 0 saturated carbocycles. The van der Waals surface area contributed by atoms with Crippen molar-refractivity contribution in [2.24, 2.45) is 0 Å². The Morgan fingerprint density at radius 3 is 2.15 bits per heavy atom. The Balaban J connectivity index is 1.84. The predicted octanol–water partition coefficient (Wildman–Crippen LogP) is 5.22. The largest absolute Gasteiger partial charge is 0.507 e. The molecule has 0 radical (unpaired) electrons. The SMILES string of the molecule is CCCCCCCCOc1cc(C)c(O)c2c1C(=O)c1ccccc1C2=O. The Hall–Kier alpha value is -2.62. The van der Waals surface area contributed by atoms with Gasteiger partial charge in [0.25, 0.3) is 0 Å². The Labute approximate surface area is 160 Å². The molecule has 0 unspecified atom stereocenters. The zero-order valence-corrected chi connectivity index (χ0v) is 16.0. The van der Waals surface area contributed by atoms with E-state index in [1.165, 1.54) is 25.7 Å². The maximum absolute atomic E-state index is 13.0. The molecule has 4 nitrogen and oxygen atoms in total. The van der Waals surface area contributed by atoms with Crippen molar-refractivity contribution in [2.75, 3.05) is 6.61 Å². The Morgan fingerprint density at radius 1 is 0.889 bits per heavy atom. The number of hydrogen-bond donors (Lipinski definition) is 1. The smallest absolute Gasteiger partial charge is 0.198 e. The summed E-state index contributed by atoms with van der Waals surface area (Å²) in [5.74, 6) is -0.342. The molecule has 2 aromatic rings. The first-order valence-corrected chi connectivity index (χ1v) is 9.74. The van der Waals surface area contributed by atoms with E-state index in [1.54, 1.807) is 37.3 Å². The molecule has 4 heteroatoms. The van der Waals surface area contributed by atoms with Crippen molar-refractivity contribution >= 4 is 11.6 Å². The van der Waals surface area contributed by atoms with Gasteiger partial charge in [0.2, 0.25) is 0 Å². The molecule has 1 aliphatic carbocycles. The molecule has 0 heterocycles. The number of aromatic hydroxyl groups is 1. The van der Waals surface area contributed by atoms with Crippen molar-refractivity contribution in [1.29, 1.82) is 0 Å². The van der Waals surface area contributed by atoms with E-state index < -0.39 is 0 Å². The van der Waals surface area contributed by atoms with Gasteiger partial charge in [0.05, 0.1) is 17.7 Å². The lowest BCUT2D eigenvalue weighted by molar-refractivity contribution is 0.0973. The number of benzene rings is 2. The van der Waals surface area contributed by atoms with Crippen LogP contribution in [-0.2, 0) is 0 Å². The number of carbonyl (C=O) groups excluding carboxylic acids is 2. The van der Waals surface area contributed by atoms with Crippen LogP contribution in [0, 0.1) is 6.92 Å². The van der Waals surface area contributed by atoms with Crippen LogP contribution in [-0.4, -0.2) is 23.3 Å². The number of rotatable bonds is 8. The lowest BCUT2D eigenvalue weighted by atomic mass is 9.82. The average Bonchev–Trinajstić information content (AvgIpc) is 2.67. The van der Waals surface area contributed by atoms with E-state index >= 15 is 0 Å². The summed E-state index contributed by atoms with van der Waals surface area (Å²) in [5.41, 5.74) is 1.48. The van der Waals surface area contributed by atoms with Crippen molar-refractivity contribution in [3.63, 3.8) is 0 Å². The minimum Gasteiger partial charge on any atom is -0.507 e. The van der Waals surface area contributed by atoms with Crippen LogP contribution in [0.1, 0.15) is 82.9 Å². The zero-order chi connectivity index (χ0) is 19.4.